The third-order valence-electron chi connectivity index (χ3n) is 3.93. The van der Waals surface area contributed by atoms with E-state index in [1.807, 2.05) is 25.6 Å². The molecule has 0 saturated heterocycles. The maximum absolute atomic E-state index is 13.6. The van der Waals surface area contributed by atoms with Crippen LogP contribution in [0.25, 0.3) is 11.0 Å². The lowest BCUT2D eigenvalue weighted by Crippen LogP contribution is -2.42. The minimum atomic E-state index is -0.463. The van der Waals surface area contributed by atoms with Gasteiger partial charge in [0.1, 0.15) is 11.6 Å². The fourth-order valence-corrected chi connectivity index (χ4v) is 2.46. The molecule has 0 N–H and O–H groups in total. The third-order valence-corrected chi connectivity index (χ3v) is 4.42. The molecular formula is C15H20Cl2FN3. The molecule has 6 heteroatoms. The van der Waals surface area contributed by atoms with Crippen molar-refractivity contribution in [3.8, 4) is 0 Å². The summed E-state index contributed by atoms with van der Waals surface area (Å²) in [5.41, 5.74) is 1.28. The Labute approximate surface area is 134 Å². The van der Waals surface area contributed by atoms with Crippen molar-refractivity contribution in [3.63, 3.8) is 0 Å². The van der Waals surface area contributed by atoms with E-state index in [9.17, 15) is 4.39 Å². The predicted octanol–water partition coefficient (Wildman–Crippen LogP) is 4.47. The van der Waals surface area contributed by atoms with Crippen molar-refractivity contribution in [1.82, 2.24) is 14.5 Å². The van der Waals surface area contributed by atoms with Gasteiger partial charge in [-0.25, -0.2) is 9.37 Å². The standard InChI is InChI=1S/C15H20Cl2FN3/c1-9(16)14-19-12-7-11(18)10(17)6-13(12)21(14)8-15(2,3)20(4)5/h6-7,9H,8H2,1-5H3. The van der Waals surface area contributed by atoms with Crippen molar-refractivity contribution < 1.29 is 4.39 Å². The molecule has 0 aliphatic heterocycles. The van der Waals surface area contributed by atoms with Crippen LogP contribution in [0.2, 0.25) is 5.02 Å². The average Bonchev–Trinajstić information content (AvgIpc) is 2.68. The summed E-state index contributed by atoms with van der Waals surface area (Å²) >= 11 is 12.2. The second kappa shape index (κ2) is 5.75. The maximum Gasteiger partial charge on any atom is 0.144 e. The highest BCUT2D eigenvalue weighted by Gasteiger charge is 2.25. The largest absolute Gasteiger partial charge is 0.325 e. The lowest BCUT2D eigenvalue weighted by Gasteiger charge is -2.33. The molecule has 2 rings (SSSR count). The van der Waals surface area contributed by atoms with Crippen molar-refractivity contribution in [1.29, 1.82) is 0 Å². The normalized spacial score (nSPS) is 14.1. The van der Waals surface area contributed by atoms with Crippen LogP contribution in [0.5, 0.6) is 0 Å². The summed E-state index contributed by atoms with van der Waals surface area (Å²) in [6, 6.07) is 2.98. The first-order valence-corrected chi connectivity index (χ1v) is 7.61. The van der Waals surface area contributed by atoms with Crippen LogP contribution >= 0.6 is 23.2 Å². The minimum Gasteiger partial charge on any atom is -0.325 e. The fourth-order valence-electron chi connectivity index (χ4n) is 2.14. The Morgan fingerprint density at radius 1 is 1.38 bits per heavy atom. The number of hydrogen-bond acceptors (Lipinski definition) is 2. The van der Waals surface area contributed by atoms with Gasteiger partial charge in [0.05, 0.1) is 21.4 Å². The molecule has 0 aliphatic carbocycles. The molecule has 1 aromatic carbocycles. The Morgan fingerprint density at radius 3 is 2.52 bits per heavy atom. The van der Waals surface area contributed by atoms with Crippen LogP contribution in [0.4, 0.5) is 4.39 Å². The second-order valence-electron chi connectivity index (χ2n) is 6.13. The topological polar surface area (TPSA) is 21.1 Å². The zero-order valence-corrected chi connectivity index (χ0v) is 14.4. The first-order chi connectivity index (χ1) is 9.63. The number of likely N-dealkylation sites (N-methyl/N-ethyl adjacent to an activating group) is 1. The molecule has 116 valence electrons. The van der Waals surface area contributed by atoms with E-state index in [2.05, 4.69) is 23.7 Å². The van der Waals surface area contributed by atoms with Gasteiger partial charge in [-0.05, 0) is 40.9 Å². The van der Waals surface area contributed by atoms with E-state index >= 15 is 0 Å². The molecular weight excluding hydrogens is 312 g/mol. The van der Waals surface area contributed by atoms with Crippen molar-refractivity contribution >= 4 is 34.2 Å². The summed E-state index contributed by atoms with van der Waals surface area (Å²) in [4.78, 5) is 6.60. The monoisotopic (exact) mass is 331 g/mol. The highest BCUT2D eigenvalue weighted by molar-refractivity contribution is 6.31. The molecule has 0 saturated carbocycles. The zero-order chi connectivity index (χ0) is 15.9. The van der Waals surface area contributed by atoms with E-state index in [1.165, 1.54) is 6.07 Å². The van der Waals surface area contributed by atoms with Crippen LogP contribution in [-0.4, -0.2) is 34.1 Å². The first-order valence-electron chi connectivity index (χ1n) is 6.80. The maximum atomic E-state index is 13.6. The predicted molar refractivity (Wildman–Crippen MR) is 86.7 cm³/mol. The molecule has 1 unspecified atom stereocenters. The molecule has 0 aliphatic rings. The number of hydrogen-bond donors (Lipinski definition) is 0. The summed E-state index contributed by atoms with van der Waals surface area (Å²) in [5.74, 6) is 0.262. The van der Waals surface area contributed by atoms with E-state index in [0.717, 1.165) is 11.3 Å². The van der Waals surface area contributed by atoms with Crippen LogP contribution in [0, 0.1) is 5.82 Å². The lowest BCUT2D eigenvalue weighted by molar-refractivity contribution is 0.170. The van der Waals surface area contributed by atoms with Gasteiger partial charge in [0, 0.05) is 18.2 Å². The Kier molecular flexibility index (Phi) is 4.52. The number of alkyl halides is 1. The molecule has 1 atom stereocenters. The van der Waals surface area contributed by atoms with Gasteiger partial charge in [-0.15, -0.1) is 11.6 Å². The molecule has 0 radical (unpaired) electrons. The number of nitrogens with zero attached hydrogens (tertiary/aromatic N) is 3. The Morgan fingerprint density at radius 2 is 2.00 bits per heavy atom. The van der Waals surface area contributed by atoms with Crippen LogP contribution in [0.3, 0.4) is 0 Å². The highest BCUT2D eigenvalue weighted by atomic mass is 35.5. The summed E-state index contributed by atoms with van der Waals surface area (Å²) < 4.78 is 15.7. The van der Waals surface area contributed by atoms with Crippen molar-refractivity contribution in [2.24, 2.45) is 0 Å². The van der Waals surface area contributed by atoms with E-state index in [-0.39, 0.29) is 15.9 Å². The second-order valence-corrected chi connectivity index (χ2v) is 7.20. The zero-order valence-electron chi connectivity index (χ0n) is 12.9. The number of rotatable bonds is 4. The number of imidazole rings is 1. The molecule has 2 aromatic rings. The molecule has 3 nitrogen and oxygen atoms in total. The Hall–Kier alpha value is -0.840. The van der Waals surface area contributed by atoms with Gasteiger partial charge in [0.25, 0.3) is 0 Å². The van der Waals surface area contributed by atoms with E-state index in [1.54, 1.807) is 6.07 Å². The number of aromatic nitrogens is 2. The van der Waals surface area contributed by atoms with Crippen LogP contribution in [0.1, 0.15) is 32.0 Å². The smallest absolute Gasteiger partial charge is 0.144 e. The Balaban J connectivity index is 2.64. The molecule has 0 fully saturated rings. The van der Waals surface area contributed by atoms with Crippen LogP contribution < -0.4 is 0 Å². The lowest BCUT2D eigenvalue weighted by atomic mass is 10.0. The third kappa shape index (κ3) is 3.17. The van der Waals surface area contributed by atoms with Crippen molar-refractivity contribution in [2.75, 3.05) is 14.1 Å². The van der Waals surface area contributed by atoms with Crippen LogP contribution in [-0.2, 0) is 6.54 Å². The van der Waals surface area contributed by atoms with E-state index in [4.69, 9.17) is 23.2 Å². The summed E-state index contributed by atoms with van der Waals surface area (Å²) in [6.07, 6.45) is 0. The van der Waals surface area contributed by atoms with Gasteiger partial charge >= 0.3 is 0 Å². The number of fused-ring (bicyclic) bond motifs is 1. The van der Waals surface area contributed by atoms with Gasteiger partial charge in [0.15, 0.2) is 0 Å². The molecule has 0 bridgehead atoms. The SMILES string of the molecule is CC(Cl)c1nc2cc(F)c(Cl)cc2n1CC(C)(C)N(C)C. The summed E-state index contributed by atoms with van der Waals surface area (Å²) in [7, 11) is 4.05. The quantitative estimate of drug-likeness (QED) is 0.771. The van der Waals surface area contributed by atoms with E-state index in [0.29, 0.717) is 12.1 Å². The number of halogens is 3. The molecule has 1 aromatic heterocycles. The highest BCUT2D eigenvalue weighted by Crippen LogP contribution is 2.30. The van der Waals surface area contributed by atoms with Crippen molar-refractivity contribution in [3.05, 3.63) is 28.8 Å². The summed E-state index contributed by atoms with van der Waals surface area (Å²) in [6.45, 7) is 6.81. The fraction of sp³-hybridized carbons (Fsp3) is 0.533. The molecule has 0 spiro atoms. The van der Waals surface area contributed by atoms with Gasteiger partial charge < -0.3 is 9.47 Å². The minimum absolute atomic E-state index is 0.0973. The Bertz CT molecular complexity index is 662. The van der Waals surface area contributed by atoms with Gasteiger partial charge in [0.2, 0.25) is 0 Å². The molecule has 21 heavy (non-hydrogen) atoms. The first kappa shape index (κ1) is 16.5. The number of benzene rings is 1. The molecule has 1 heterocycles. The van der Waals surface area contributed by atoms with Gasteiger partial charge in [-0.3, -0.25) is 0 Å². The summed E-state index contributed by atoms with van der Waals surface area (Å²) in [5, 5.41) is -0.169. The molecule has 0 amide bonds. The van der Waals surface area contributed by atoms with Crippen LogP contribution in [0.15, 0.2) is 12.1 Å². The van der Waals surface area contributed by atoms with Crippen molar-refractivity contribution in [2.45, 2.75) is 38.2 Å². The van der Waals surface area contributed by atoms with E-state index < -0.39 is 5.82 Å². The van der Waals surface area contributed by atoms with Gasteiger partial charge in [-0.2, -0.15) is 0 Å². The van der Waals surface area contributed by atoms with Gasteiger partial charge in [-0.1, -0.05) is 11.6 Å². The average molecular weight is 332 g/mol.